The number of aliphatic hydroxyl groups excluding tert-OH is 3. The number of nitrogens with zero attached hydrogens (tertiary/aromatic N) is 7. The summed E-state index contributed by atoms with van der Waals surface area (Å²) in [6, 6.07) is 53.9. The molecule has 19 nitrogen and oxygen atoms in total. The summed E-state index contributed by atoms with van der Waals surface area (Å²) in [5.74, 6) is 0.804. The number of para-hydroxylation sites is 1. The van der Waals surface area contributed by atoms with Crippen LogP contribution in [0.4, 0.5) is 5.69 Å². The Morgan fingerprint density at radius 3 is 1.48 bits per heavy atom. The third-order valence-electron chi connectivity index (χ3n) is 22.0. The van der Waals surface area contributed by atoms with Gasteiger partial charge in [0.15, 0.2) is 11.6 Å². The van der Waals surface area contributed by atoms with Crippen LogP contribution in [0.2, 0.25) is 0 Å². The smallest absolute Gasteiger partial charge is 0.255 e. The summed E-state index contributed by atoms with van der Waals surface area (Å²) in [6.45, 7) is 13.3. The molecule has 6 aliphatic rings. The van der Waals surface area contributed by atoms with E-state index >= 15 is 0 Å². The number of fused-ring (bicyclic) bond motifs is 2. The number of anilines is 1. The molecule has 0 unspecified atom stereocenters. The Kier molecular flexibility index (Phi) is 24.5. The highest BCUT2D eigenvalue weighted by Crippen LogP contribution is 2.39. The third kappa shape index (κ3) is 17.8. The molecule has 5 aliphatic heterocycles. The summed E-state index contributed by atoms with van der Waals surface area (Å²) in [4.78, 5) is 113. The number of thiazole rings is 2. The molecule has 7 heterocycles. The van der Waals surface area contributed by atoms with E-state index in [1.165, 1.54) is 39.5 Å². The van der Waals surface area contributed by atoms with Crippen LogP contribution in [-0.4, -0.2) is 154 Å². The van der Waals surface area contributed by atoms with Gasteiger partial charge in [0.05, 0.1) is 62.6 Å². The van der Waals surface area contributed by atoms with Gasteiger partial charge in [0.25, 0.3) is 11.8 Å². The first-order chi connectivity index (χ1) is 52.6. The fraction of sp³-hybridized carbons (Fsp3) is 0.375. The van der Waals surface area contributed by atoms with E-state index in [0.29, 0.717) is 81.1 Å². The average Bonchev–Trinajstić information content (AvgIpc) is 1.64. The van der Waals surface area contributed by atoms with Crippen LogP contribution in [0, 0.1) is 25.7 Å². The molecule has 109 heavy (non-hydrogen) atoms. The predicted molar refractivity (Wildman–Crippen MR) is 423 cm³/mol. The molecule has 9 aromatic rings. The molecule has 2 aromatic heterocycles. The van der Waals surface area contributed by atoms with Crippen molar-refractivity contribution >= 4 is 69.5 Å². The molecule has 4 N–H and O–H groups in total. The second-order valence-corrected chi connectivity index (χ2v) is 32.0. The van der Waals surface area contributed by atoms with E-state index in [0.717, 1.165) is 66.6 Å². The third-order valence-corrected chi connectivity index (χ3v) is 23.9. The highest BCUT2D eigenvalue weighted by molar-refractivity contribution is 7.13. The standard InChI is InChI=1S/C30H36N2O4.C29H32N4O4S.C29H28N2O3S/c1-19(2)28(32-17-23-6-3-4-9-25(23)29(32)35)30(36)31-18-24(33)16-26(31)27(34)15-12-20-10-13-22(14-11-20)21-7-5-8-21;1-17(2)25(33-14-21-6-4-5-7-23(21)28(33)36)29(37)32-15-22(34)12-24(32)27(35)30-13-19-8-10-20(11-9-19)26-18(3)31-16-38-26;1-20-29(35-19-30-20)22-13-10-21(11-14-22)12-15-28(33)27-17-24(32)18-31(27)23-6-5-9-26(16-23)34-25-7-3-2-4-8-25/h3-4,6,9-11,13-14,19,21,24,26,28,33H,5,7-8,12,15-18H2,1-2H3;4-11,16-17,22,24-25,34H,12-15H2,1-3H3,(H,30,35);2-11,13-14,16,19,24,27,32H,12,15,17-18H2,1H3/t24-,26+,28+;22-,24+,25+;24-,27+/m111/s1. The molecule has 0 radical (unpaired) electrons. The molecule has 566 valence electrons. The zero-order valence-corrected chi connectivity index (χ0v) is 64.3. The monoisotopic (exact) mass is 1500 g/mol. The summed E-state index contributed by atoms with van der Waals surface area (Å²) >= 11 is 3.23. The molecule has 1 saturated carbocycles. The summed E-state index contributed by atoms with van der Waals surface area (Å²) in [6.07, 6.45) is 4.71. The quantitative estimate of drug-likeness (QED) is 0.0466. The van der Waals surface area contributed by atoms with Crippen molar-refractivity contribution in [1.29, 1.82) is 0 Å². The zero-order valence-electron chi connectivity index (χ0n) is 62.6. The lowest BCUT2D eigenvalue weighted by Crippen LogP contribution is -2.55. The Morgan fingerprint density at radius 1 is 0.523 bits per heavy atom. The Labute approximate surface area is 645 Å². The number of carbonyl (C=O) groups excluding carboxylic acids is 7. The molecule has 3 saturated heterocycles. The second-order valence-electron chi connectivity index (χ2n) is 30.3. The molecular formula is C88H96N8O11S2. The number of ether oxygens (including phenoxy) is 1. The summed E-state index contributed by atoms with van der Waals surface area (Å²) < 4.78 is 5.97. The number of aryl methyl sites for hydroxylation is 4. The van der Waals surface area contributed by atoms with Crippen LogP contribution in [0.5, 0.6) is 11.5 Å². The van der Waals surface area contributed by atoms with Gasteiger partial charge in [0, 0.05) is 94.3 Å². The van der Waals surface area contributed by atoms with Crippen LogP contribution in [0.15, 0.2) is 187 Å². The van der Waals surface area contributed by atoms with Gasteiger partial charge < -0.3 is 49.9 Å². The molecule has 21 heteroatoms. The van der Waals surface area contributed by atoms with Crippen molar-refractivity contribution < 1.29 is 53.6 Å². The minimum absolute atomic E-state index is 0.0264. The summed E-state index contributed by atoms with van der Waals surface area (Å²) in [7, 11) is 0. The molecular weight excluding hydrogens is 1410 g/mol. The van der Waals surface area contributed by atoms with Crippen molar-refractivity contribution in [3.63, 3.8) is 0 Å². The first kappa shape index (κ1) is 77.1. The predicted octanol–water partition coefficient (Wildman–Crippen LogP) is 13.5. The number of hydrogen-bond acceptors (Lipinski definition) is 16. The maximum absolute atomic E-state index is 13.8. The van der Waals surface area contributed by atoms with Crippen LogP contribution in [0.1, 0.15) is 150 Å². The molecule has 5 amide bonds. The van der Waals surface area contributed by atoms with Gasteiger partial charge in [0.1, 0.15) is 29.6 Å². The van der Waals surface area contributed by atoms with E-state index < -0.39 is 42.5 Å². The lowest BCUT2D eigenvalue weighted by Gasteiger charge is -2.35. The van der Waals surface area contributed by atoms with Gasteiger partial charge in [-0.1, -0.05) is 168 Å². The average molecular weight is 1510 g/mol. The van der Waals surface area contributed by atoms with Gasteiger partial charge >= 0.3 is 0 Å². The molecule has 1 aliphatic carbocycles. The van der Waals surface area contributed by atoms with Gasteiger partial charge in [-0.3, -0.25) is 33.6 Å². The van der Waals surface area contributed by atoms with Crippen molar-refractivity contribution in [1.82, 2.24) is 34.9 Å². The van der Waals surface area contributed by atoms with Gasteiger partial charge in [-0.15, -0.1) is 22.7 Å². The van der Waals surface area contributed by atoms with Crippen molar-refractivity contribution in [3.8, 4) is 32.4 Å². The van der Waals surface area contributed by atoms with Gasteiger partial charge in [-0.2, -0.15) is 0 Å². The van der Waals surface area contributed by atoms with Crippen molar-refractivity contribution in [3.05, 3.63) is 243 Å². The number of amides is 5. The molecule has 7 aromatic carbocycles. The normalized spacial score (nSPS) is 19.9. The Bertz CT molecular complexity index is 4710. The van der Waals surface area contributed by atoms with Crippen LogP contribution >= 0.6 is 22.7 Å². The minimum atomic E-state index is -0.795. The summed E-state index contributed by atoms with van der Waals surface area (Å²) in [5.41, 5.74) is 16.4. The topological polar surface area (TPSA) is 243 Å². The zero-order chi connectivity index (χ0) is 76.6. The number of ketones is 2. The highest BCUT2D eigenvalue weighted by Gasteiger charge is 2.48. The van der Waals surface area contributed by atoms with Crippen LogP contribution in [0.3, 0.4) is 0 Å². The van der Waals surface area contributed by atoms with E-state index in [9.17, 15) is 48.9 Å². The first-order valence-corrected chi connectivity index (χ1v) is 39.8. The SMILES string of the molecule is CC(C)[C@@H](C(=O)N1C[C@H](O)C[C@H]1C(=O)CCc1ccc(C2CCC2)cc1)N1Cc2ccccc2C1=O.Cc1ncsc1-c1ccc(CCC(=O)[C@@H]2C[C@@H](O)CN2c2cccc(Oc3ccccc3)c2)cc1.Cc1ncsc1-c1ccc(CNC(=O)[C@@H]2C[C@@H](O)CN2C(=O)[C@H](C(C)C)N2Cc3ccccc3C2=O)cc1. The Balaban J connectivity index is 0.000000144. The lowest BCUT2D eigenvalue weighted by molar-refractivity contribution is -0.143. The molecule has 0 spiro atoms. The van der Waals surface area contributed by atoms with E-state index in [-0.39, 0.29) is 84.9 Å². The number of nitrogens with one attached hydrogen (secondary N) is 1. The number of aromatic nitrogens is 2. The van der Waals surface area contributed by atoms with Gasteiger partial charge in [-0.05, 0) is 138 Å². The lowest BCUT2D eigenvalue weighted by atomic mass is 9.80. The van der Waals surface area contributed by atoms with E-state index in [1.807, 2.05) is 173 Å². The largest absolute Gasteiger partial charge is 0.457 e. The fourth-order valence-corrected chi connectivity index (χ4v) is 17.6. The first-order valence-electron chi connectivity index (χ1n) is 38.1. The van der Waals surface area contributed by atoms with E-state index in [4.69, 9.17) is 4.74 Å². The van der Waals surface area contributed by atoms with Crippen molar-refractivity contribution in [2.24, 2.45) is 11.8 Å². The Hall–Kier alpha value is -10.0. The molecule has 0 bridgehead atoms. The van der Waals surface area contributed by atoms with Crippen LogP contribution in [-0.2, 0) is 56.4 Å². The van der Waals surface area contributed by atoms with Crippen molar-refractivity contribution in [2.45, 2.75) is 180 Å². The number of rotatable bonds is 23. The number of likely N-dealkylation sites (tertiary alicyclic amines) is 2. The number of benzene rings is 7. The number of β-amino-alcohol motifs (C(OH)–C–C–N with tert-alkyl or cyclic N) is 3. The highest BCUT2D eigenvalue weighted by atomic mass is 32.1. The van der Waals surface area contributed by atoms with Crippen LogP contribution in [0.25, 0.3) is 20.9 Å². The molecule has 15 rings (SSSR count). The number of aliphatic hydroxyl groups is 3. The fourth-order valence-electron chi connectivity index (χ4n) is 16.0. The molecule has 8 atom stereocenters. The summed E-state index contributed by atoms with van der Waals surface area (Å²) in [5, 5.41) is 34.2. The van der Waals surface area contributed by atoms with Gasteiger partial charge in [-0.25, -0.2) is 9.97 Å². The van der Waals surface area contributed by atoms with Crippen LogP contribution < -0.4 is 15.0 Å². The van der Waals surface area contributed by atoms with E-state index in [2.05, 4.69) is 63.8 Å². The maximum Gasteiger partial charge on any atom is 0.255 e. The minimum Gasteiger partial charge on any atom is -0.457 e. The Morgan fingerprint density at radius 2 is 0.982 bits per heavy atom. The second kappa shape index (κ2) is 34.7. The number of Topliss-reactive ketones (excluding diaryl/α,β-unsaturated/α-hetero) is 2. The van der Waals surface area contributed by atoms with Gasteiger partial charge in [0.2, 0.25) is 17.7 Å². The number of hydrogen-bond donors (Lipinski definition) is 4. The number of carbonyl (C=O) groups is 7. The van der Waals surface area contributed by atoms with E-state index in [1.54, 1.807) is 44.6 Å². The molecule has 4 fully saturated rings. The maximum atomic E-state index is 13.8. The van der Waals surface area contributed by atoms with Crippen molar-refractivity contribution in [2.75, 3.05) is 24.5 Å².